The van der Waals surface area contributed by atoms with Gasteiger partial charge >= 0.3 is 0 Å². The van der Waals surface area contributed by atoms with E-state index in [1.165, 1.54) is 18.2 Å². The smallest absolute Gasteiger partial charge is 0.165 e. The normalized spacial score (nSPS) is 14.2. The fourth-order valence-corrected chi connectivity index (χ4v) is 2.01. The van der Waals surface area contributed by atoms with Crippen molar-refractivity contribution in [2.24, 2.45) is 0 Å². The molecule has 0 unspecified atom stereocenters. The molecule has 0 aromatic heterocycles. The Bertz CT molecular complexity index is 656. The molecule has 0 bridgehead atoms. The predicted octanol–water partition coefficient (Wildman–Crippen LogP) is 4.15. The Morgan fingerprint density at radius 2 is 1.81 bits per heavy atom. The molecule has 110 valence electrons. The van der Waals surface area contributed by atoms with E-state index >= 15 is 0 Å². The Morgan fingerprint density at radius 3 is 2.57 bits per heavy atom. The van der Waals surface area contributed by atoms with Gasteiger partial charge in [0.15, 0.2) is 11.6 Å². The van der Waals surface area contributed by atoms with Crippen LogP contribution < -0.4 is 10.1 Å². The molecule has 1 aliphatic rings. The quantitative estimate of drug-likeness (QED) is 0.894. The summed E-state index contributed by atoms with van der Waals surface area (Å²) >= 11 is 0. The molecule has 0 amide bonds. The van der Waals surface area contributed by atoms with Crippen LogP contribution in [-0.2, 0) is 6.54 Å². The molecule has 1 saturated carbocycles. The third kappa shape index (κ3) is 3.36. The molecule has 2 aromatic rings. The Hall–Kier alpha value is -2.01. The van der Waals surface area contributed by atoms with Crippen LogP contribution in [0.4, 0.5) is 13.2 Å². The van der Waals surface area contributed by atoms with Gasteiger partial charge in [0.25, 0.3) is 0 Å². The number of hydrogen-bond acceptors (Lipinski definition) is 2. The summed E-state index contributed by atoms with van der Waals surface area (Å²) in [6, 6.07) is 7.66. The van der Waals surface area contributed by atoms with Crippen LogP contribution in [0.15, 0.2) is 36.4 Å². The number of ether oxygens (including phenoxy) is 1. The number of rotatable bonds is 5. The summed E-state index contributed by atoms with van der Waals surface area (Å²) < 4.78 is 46.0. The van der Waals surface area contributed by atoms with E-state index in [9.17, 15) is 13.2 Å². The van der Waals surface area contributed by atoms with Crippen molar-refractivity contribution in [2.45, 2.75) is 25.4 Å². The molecule has 1 aliphatic carbocycles. The minimum absolute atomic E-state index is 0.188. The fraction of sp³-hybridized carbons (Fsp3) is 0.250. The van der Waals surface area contributed by atoms with E-state index in [1.807, 2.05) is 0 Å². The molecule has 0 aliphatic heterocycles. The van der Waals surface area contributed by atoms with Gasteiger partial charge in [-0.25, -0.2) is 13.2 Å². The van der Waals surface area contributed by atoms with Crippen LogP contribution in [0, 0.1) is 17.5 Å². The molecule has 3 rings (SSSR count). The molecule has 1 N–H and O–H groups in total. The van der Waals surface area contributed by atoms with Crippen molar-refractivity contribution in [3.8, 4) is 11.5 Å². The highest BCUT2D eigenvalue weighted by atomic mass is 19.1. The van der Waals surface area contributed by atoms with Crippen molar-refractivity contribution in [1.29, 1.82) is 0 Å². The summed E-state index contributed by atoms with van der Waals surface area (Å²) in [5, 5.41) is 3.18. The summed E-state index contributed by atoms with van der Waals surface area (Å²) in [5.41, 5.74) is 0.313. The van der Waals surface area contributed by atoms with E-state index in [4.69, 9.17) is 4.74 Å². The summed E-state index contributed by atoms with van der Waals surface area (Å²) in [6.07, 6.45) is 2.15. The number of benzene rings is 2. The second-order valence-corrected chi connectivity index (χ2v) is 5.05. The number of nitrogens with one attached hydrogen (secondary N) is 1. The number of halogens is 3. The summed E-state index contributed by atoms with van der Waals surface area (Å²) in [6.45, 7) is 0.295. The minimum Gasteiger partial charge on any atom is -0.454 e. The van der Waals surface area contributed by atoms with Crippen molar-refractivity contribution >= 4 is 0 Å². The summed E-state index contributed by atoms with van der Waals surface area (Å²) in [7, 11) is 0. The van der Waals surface area contributed by atoms with E-state index < -0.39 is 17.5 Å². The average Bonchev–Trinajstić information content (AvgIpc) is 3.26. The standard InChI is InChI=1S/C16H14F3NO/c17-10-4-7-14(19)16(8-10)21-15-3-1-2-13(18)12(15)9-20-11-5-6-11/h1-4,7-8,11,20H,5-6,9H2. The largest absolute Gasteiger partial charge is 0.454 e. The van der Waals surface area contributed by atoms with Crippen LogP contribution >= 0.6 is 0 Å². The zero-order valence-electron chi connectivity index (χ0n) is 11.2. The maximum absolute atomic E-state index is 13.9. The number of hydrogen-bond donors (Lipinski definition) is 1. The molecule has 0 atom stereocenters. The molecule has 0 saturated heterocycles. The van der Waals surface area contributed by atoms with Crippen LogP contribution in [0.1, 0.15) is 18.4 Å². The first-order valence-corrected chi connectivity index (χ1v) is 6.77. The molecule has 0 radical (unpaired) electrons. The first-order chi connectivity index (χ1) is 10.1. The lowest BCUT2D eigenvalue weighted by Crippen LogP contribution is -2.16. The van der Waals surface area contributed by atoms with Crippen molar-refractivity contribution < 1.29 is 17.9 Å². The molecular weight excluding hydrogens is 279 g/mol. The lowest BCUT2D eigenvalue weighted by Gasteiger charge is -2.13. The molecule has 1 fully saturated rings. The molecule has 5 heteroatoms. The van der Waals surface area contributed by atoms with E-state index in [2.05, 4.69) is 5.32 Å². The van der Waals surface area contributed by atoms with Crippen molar-refractivity contribution in [1.82, 2.24) is 5.32 Å². The van der Waals surface area contributed by atoms with Gasteiger partial charge in [0.05, 0.1) is 0 Å². The van der Waals surface area contributed by atoms with E-state index in [0.717, 1.165) is 31.0 Å². The van der Waals surface area contributed by atoms with Crippen molar-refractivity contribution in [2.75, 3.05) is 0 Å². The van der Waals surface area contributed by atoms with Gasteiger partial charge in [-0.1, -0.05) is 6.07 Å². The van der Waals surface area contributed by atoms with Crippen molar-refractivity contribution in [3.05, 3.63) is 59.4 Å². The fourth-order valence-electron chi connectivity index (χ4n) is 2.01. The summed E-state index contributed by atoms with van der Waals surface area (Å²) in [5.74, 6) is -1.80. The third-order valence-electron chi connectivity index (χ3n) is 3.33. The van der Waals surface area contributed by atoms with Crippen LogP contribution in [0.25, 0.3) is 0 Å². The highest BCUT2D eigenvalue weighted by Crippen LogP contribution is 2.30. The van der Waals surface area contributed by atoms with Gasteiger partial charge in [-0.15, -0.1) is 0 Å². The van der Waals surface area contributed by atoms with Gasteiger partial charge in [-0.3, -0.25) is 0 Å². The highest BCUT2D eigenvalue weighted by Gasteiger charge is 2.22. The molecule has 21 heavy (non-hydrogen) atoms. The van der Waals surface area contributed by atoms with E-state index in [0.29, 0.717) is 18.2 Å². The highest BCUT2D eigenvalue weighted by molar-refractivity contribution is 5.39. The minimum atomic E-state index is -0.693. The monoisotopic (exact) mass is 293 g/mol. The van der Waals surface area contributed by atoms with E-state index in [1.54, 1.807) is 0 Å². The molecule has 2 nitrogen and oxygen atoms in total. The molecule has 2 aromatic carbocycles. The SMILES string of the molecule is Fc1ccc(F)c(Oc2cccc(F)c2CNC2CC2)c1. The maximum atomic E-state index is 13.9. The van der Waals surface area contributed by atoms with Crippen molar-refractivity contribution in [3.63, 3.8) is 0 Å². The lowest BCUT2D eigenvalue weighted by molar-refractivity contribution is 0.424. The van der Waals surface area contributed by atoms with Gasteiger partial charge in [0, 0.05) is 24.2 Å². The van der Waals surface area contributed by atoms with Gasteiger partial charge in [-0.2, -0.15) is 0 Å². The van der Waals surface area contributed by atoms with Crippen LogP contribution in [-0.4, -0.2) is 6.04 Å². The molecule has 0 spiro atoms. The van der Waals surface area contributed by atoms with Gasteiger partial charge in [0.1, 0.15) is 17.4 Å². The Balaban J connectivity index is 1.86. The third-order valence-corrected chi connectivity index (χ3v) is 3.33. The van der Waals surface area contributed by atoms with Crippen LogP contribution in [0.2, 0.25) is 0 Å². The average molecular weight is 293 g/mol. The van der Waals surface area contributed by atoms with Gasteiger partial charge in [0.2, 0.25) is 0 Å². The second kappa shape index (κ2) is 5.77. The van der Waals surface area contributed by atoms with Gasteiger partial charge in [-0.05, 0) is 37.1 Å². The Morgan fingerprint density at radius 1 is 1.00 bits per heavy atom. The van der Waals surface area contributed by atoms with Crippen LogP contribution in [0.3, 0.4) is 0 Å². The topological polar surface area (TPSA) is 21.3 Å². The Labute approximate surface area is 120 Å². The predicted molar refractivity (Wildman–Crippen MR) is 72.7 cm³/mol. The van der Waals surface area contributed by atoms with Gasteiger partial charge < -0.3 is 10.1 Å². The molecule has 0 heterocycles. The second-order valence-electron chi connectivity index (χ2n) is 5.05. The lowest BCUT2D eigenvalue weighted by atomic mass is 10.2. The first kappa shape index (κ1) is 13.9. The van der Waals surface area contributed by atoms with Crippen LogP contribution in [0.5, 0.6) is 11.5 Å². The Kier molecular flexibility index (Phi) is 3.84. The zero-order chi connectivity index (χ0) is 14.8. The first-order valence-electron chi connectivity index (χ1n) is 6.77. The molecular formula is C16H14F3NO. The summed E-state index contributed by atoms with van der Waals surface area (Å²) in [4.78, 5) is 0. The maximum Gasteiger partial charge on any atom is 0.165 e. The zero-order valence-corrected chi connectivity index (χ0v) is 11.2. The van der Waals surface area contributed by atoms with E-state index in [-0.39, 0.29) is 11.5 Å².